The van der Waals surface area contributed by atoms with Crippen LogP contribution in [0.3, 0.4) is 0 Å². The number of aryl methyl sites for hydroxylation is 1. The Morgan fingerprint density at radius 2 is 1.98 bits per heavy atom. The molecular weight excluding hydrogens is 512 g/mol. The number of nitrogens with one attached hydrogen (secondary N) is 2. The minimum Gasteiger partial charge on any atom is -0.378 e. The SMILES string of the molecule is Cn1ccc(Nc2ncnc(-c3ccc4c(c3)CN(C3COC3)CC[C@H]4NC(=O)c3nc(C(C)(C)C)no3)n2)n1. The van der Waals surface area contributed by atoms with E-state index in [0.29, 0.717) is 42.7 Å². The first-order valence-corrected chi connectivity index (χ1v) is 13.3. The minimum absolute atomic E-state index is 0.0327. The van der Waals surface area contributed by atoms with Gasteiger partial charge in [-0.15, -0.1) is 0 Å². The van der Waals surface area contributed by atoms with Crippen molar-refractivity contribution in [2.45, 2.75) is 51.2 Å². The van der Waals surface area contributed by atoms with Crippen LogP contribution in [0.2, 0.25) is 0 Å². The van der Waals surface area contributed by atoms with Crippen LogP contribution in [0.1, 0.15) is 60.9 Å². The number of hydrogen-bond donors (Lipinski definition) is 2. The van der Waals surface area contributed by atoms with Gasteiger partial charge >= 0.3 is 11.8 Å². The molecule has 1 saturated heterocycles. The second-order valence-corrected chi connectivity index (χ2v) is 11.2. The van der Waals surface area contributed by atoms with Crippen molar-refractivity contribution >= 4 is 17.7 Å². The molecule has 1 aromatic carbocycles. The number of carbonyl (C=O) groups excluding carboxylic acids is 1. The number of aromatic nitrogens is 7. The largest absolute Gasteiger partial charge is 0.378 e. The average molecular weight is 545 g/mol. The van der Waals surface area contributed by atoms with Gasteiger partial charge in [0.05, 0.1) is 25.3 Å². The molecule has 0 saturated carbocycles. The van der Waals surface area contributed by atoms with E-state index in [0.717, 1.165) is 36.2 Å². The lowest BCUT2D eigenvalue weighted by Crippen LogP contribution is -2.48. The lowest BCUT2D eigenvalue weighted by molar-refractivity contribution is -0.0678. The fourth-order valence-electron chi connectivity index (χ4n) is 4.80. The molecule has 2 aliphatic rings. The molecule has 40 heavy (non-hydrogen) atoms. The van der Waals surface area contributed by atoms with Gasteiger partial charge in [-0.2, -0.15) is 15.1 Å². The summed E-state index contributed by atoms with van der Waals surface area (Å²) < 4.78 is 12.5. The van der Waals surface area contributed by atoms with Gasteiger partial charge < -0.3 is 19.9 Å². The molecule has 5 heterocycles. The van der Waals surface area contributed by atoms with Gasteiger partial charge in [-0.05, 0) is 23.6 Å². The van der Waals surface area contributed by atoms with Crippen molar-refractivity contribution < 1.29 is 14.1 Å². The highest BCUT2D eigenvalue weighted by Crippen LogP contribution is 2.32. The second kappa shape index (κ2) is 10.4. The molecule has 1 amide bonds. The second-order valence-electron chi connectivity index (χ2n) is 11.2. The number of nitrogens with zero attached hydrogens (tertiary/aromatic N) is 8. The van der Waals surface area contributed by atoms with Crippen LogP contribution in [0.15, 0.2) is 41.3 Å². The van der Waals surface area contributed by atoms with Gasteiger partial charge in [-0.25, -0.2) is 9.97 Å². The first-order chi connectivity index (χ1) is 19.2. The monoisotopic (exact) mass is 544 g/mol. The minimum atomic E-state index is -0.383. The van der Waals surface area contributed by atoms with E-state index in [1.807, 2.05) is 52.2 Å². The fraction of sp³-hybridized carbons (Fsp3) is 0.444. The van der Waals surface area contributed by atoms with Crippen molar-refractivity contribution in [1.29, 1.82) is 0 Å². The highest BCUT2D eigenvalue weighted by Gasteiger charge is 2.32. The molecule has 0 radical (unpaired) electrons. The van der Waals surface area contributed by atoms with Crippen LogP contribution >= 0.6 is 0 Å². The zero-order valence-corrected chi connectivity index (χ0v) is 23.0. The highest BCUT2D eigenvalue weighted by molar-refractivity contribution is 5.89. The number of amides is 1. The van der Waals surface area contributed by atoms with Crippen molar-refractivity contribution in [3.8, 4) is 11.4 Å². The molecule has 2 N–H and O–H groups in total. The molecule has 0 aliphatic carbocycles. The number of rotatable bonds is 6. The Bertz CT molecular complexity index is 1520. The summed E-state index contributed by atoms with van der Waals surface area (Å²) in [6.45, 7) is 8.87. The van der Waals surface area contributed by atoms with Crippen LogP contribution in [0, 0.1) is 0 Å². The van der Waals surface area contributed by atoms with Gasteiger partial charge in [0.2, 0.25) is 5.95 Å². The summed E-state index contributed by atoms with van der Waals surface area (Å²) in [5.74, 6) is 1.68. The number of ether oxygens (including phenoxy) is 1. The van der Waals surface area contributed by atoms with Crippen LogP contribution in [0.25, 0.3) is 11.4 Å². The van der Waals surface area contributed by atoms with Gasteiger partial charge in [0.25, 0.3) is 0 Å². The summed E-state index contributed by atoms with van der Waals surface area (Å²) in [7, 11) is 1.85. The van der Waals surface area contributed by atoms with Crippen LogP contribution in [-0.2, 0) is 23.7 Å². The summed E-state index contributed by atoms with van der Waals surface area (Å²) in [5.41, 5.74) is 2.67. The van der Waals surface area contributed by atoms with E-state index in [1.165, 1.54) is 6.33 Å². The lowest BCUT2D eigenvalue weighted by Gasteiger charge is -2.36. The van der Waals surface area contributed by atoms with Gasteiger partial charge in [-0.1, -0.05) is 38.1 Å². The first-order valence-electron chi connectivity index (χ1n) is 13.3. The van der Waals surface area contributed by atoms with Crippen LogP contribution < -0.4 is 10.6 Å². The van der Waals surface area contributed by atoms with Crippen molar-refractivity contribution in [3.63, 3.8) is 0 Å². The van der Waals surface area contributed by atoms with Crippen molar-refractivity contribution in [2.24, 2.45) is 7.05 Å². The third-order valence-electron chi connectivity index (χ3n) is 7.11. The smallest absolute Gasteiger partial charge is 0.315 e. The average Bonchev–Trinajstić information content (AvgIpc) is 3.51. The van der Waals surface area contributed by atoms with Gasteiger partial charge in [0, 0.05) is 43.4 Å². The maximum Gasteiger partial charge on any atom is 0.315 e. The molecule has 1 atom stereocenters. The van der Waals surface area contributed by atoms with Crippen molar-refractivity contribution in [1.82, 2.24) is 45.1 Å². The summed E-state index contributed by atoms with van der Waals surface area (Å²) in [6, 6.07) is 8.08. The van der Waals surface area contributed by atoms with E-state index in [1.54, 1.807) is 4.68 Å². The van der Waals surface area contributed by atoms with Crippen LogP contribution in [0.4, 0.5) is 11.8 Å². The fourth-order valence-corrected chi connectivity index (χ4v) is 4.80. The zero-order valence-electron chi connectivity index (χ0n) is 23.0. The molecule has 3 aromatic heterocycles. The predicted octanol–water partition coefficient (Wildman–Crippen LogP) is 2.77. The normalized spacial score (nSPS) is 18.1. The quantitative estimate of drug-likeness (QED) is 0.369. The Morgan fingerprint density at radius 1 is 1.12 bits per heavy atom. The Balaban J connectivity index is 1.28. The van der Waals surface area contributed by atoms with Crippen molar-refractivity contribution in [3.05, 3.63) is 59.6 Å². The summed E-state index contributed by atoms with van der Waals surface area (Å²) in [4.78, 5) is 33.2. The van der Waals surface area contributed by atoms with E-state index in [2.05, 4.69) is 51.8 Å². The molecule has 13 heteroatoms. The Labute approximate surface area is 231 Å². The highest BCUT2D eigenvalue weighted by atomic mass is 16.5. The van der Waals surface area contributed by atoms with E-state index in [-0.39, 0.29) is 23.3 Å². The number of fused-ring (bicyclic) bond motifs is 1. The summed E-state index contributed by atoms with van der Waals surface area (Å²) in [5, 5.41) is 14.6. The third-order valence-corrected chi connectivity index (χ3v) is 7.11. The number of benzene rings is 1. The molecule has 6 rings (SSSR count). The zero-order chi connectivity index (χ0) is 27.9. The molecule has 4 aromatic rings. The number of anilines is 2. The third kappa shape index (κ3) is 5.42. The molecule has 1 fully saturated rings. The number of hydrogen-bond acceptors (Lipinski definition) is 11. The molecule has 13 nitrogen and oxygen atoms in total. The Morgan fingerprint density at radius 3 is 2.67 bits per heavy atom. The molecular formula is C27H32N10O3. The maximum absolute atomic E-state index is 13.2. The molecule has 0 spiro atoms. The van der Waals surface area contributed by atoms with Crippen molar-refractivity contribution in [2.75, 3.05) is 25.1 Å². The molecule has 208 valence electrons. The maximum atomic E-state index is 13.2. The molecule has 0 bridgehead atoms. The standard InChI is InChI=1S/C27H32N10O3/c1-27(2,3)25-33-24(40-35-25)23(38)30-20-7-10-37(18-13-39-14-18)12-17-11-16(5-6-19(17)20)22-28-15-29-26(32-22)31-21-8-9-36(4)34-21/h5-6,8-9,11,15,18,20H,7,10,12-14H2,1-4H3,(H,30,38)(H,28,29,31,32,34)/t20-/m1/s1. The van der Waals surface area contributed by atoms with E-state index >= 15 is 0 Å². The predicted molar refractivity (Wildman–Crippen MR) is 145 cm³/mol. The summed E-state index contributed by atoms with van der Waals surface area (Å²) in [6.07, 6.45) is 4.06. The van der Waals surface area contributed by atoms with Crippen LogP contribution in [0.5, 0.6) is 0 Å². The lowest BCUT2D eigenvalue weighted by atomic mass is 9.96. The Kier molecular flexibility index (Phi) is 6.76. The number of carbonyl (C=O) groups is 1. The van der Waals surface area contributed by atoms with Gasteiger partial charge in [-0.3, -0.25) is 14.4 Å². The van der Waals surface area contributed by atoms with Gasteiger partial charge in [0.1, 0.15) is 6.33 Å². The van der Waals surface area contributed by atoms with Crippen LogP contribution in [-0.4, -0.2) is 71.5 Å². The first kappa shape index (κ1) is 26.0. The Hall–Kier alpha value is -4.23. The van der Waals surface area contributed by atoms with E-state index in [4.69, 9.17) is 9.26 Å². The summed E-state index contributed by atoms with van der Waals surface area (Å²) >= 11 is 0. The molecule has 2 aliphatic heterocycles. The topological polar surface area (TPSA) is 149 Å². The van der Waals surface area contributed by atoms with E-state index in [9.17, 15) is 4.79 Å². The van der Waals surface area contributed by atoms with Gasteiger partial charge in [0.15, 0.2) is 17.5 Å². The molecule has 0 unspecified atom stereocenters. The van der Waals surface area contributed by atoms with E-state index < -0.39 is 0 Å².